The van der Waals surface area contributed by atoms with E-state index in [9.17, 15) is 9.18 Å². The van der Waals surface area contributed by atoms with Gasteiger partial charge >= 0.3 is 5.97 Å². The van der Waals surface area contributed by atoms with E-state index in [1.54, 1.807) is 6.07 Å². The van der Waals surface area contributed by atoms with Crippen molar-refractivity contribution in [2.45, 2.75) is 38.3 Å². The van der Waals surface area contributed by atoms with E-state index in [1.165, 1.54) is 30.5 Å². The van der Waals surface area contributed by atoms with Gasteiger partial charge < -0.3 is 5.11 Å². The van der Waals surface area contributed by atoms with Crippen LogP contribution in [0.4, 0.5) is 4.39 Å². The lowest BCUT2D eigenvalue weighted by Crippen LogP contribution is -2.43. The Morgan fingerprint density at radius 3 is 2.48 bits per heavy atom. The summed E-state index contributed by atoms with van der Waals surface area (Å²) in [7, 11) is 0. The summed E-state index contributed by atoms with van der Waals surface area (Å²) in [5, 5.41) is 9.13. The summed E-state index contributed by atoms with van der Waals surface area (Å²) in [5.74, 6) is -1.33. The van der Waals surface area contributed by atoms with Crippen molar-refractivity contribution in [2.24, 2.45) is 5.92 Å². The topological polar surface area (TPSA) is 43.8 Å². The zero-order valence-corrected chi connectivity index (χ0v) is 16.8. The molecule has 0 amide bonds. The van der Waals surface area contributed by atoms with Crippen LogP contribution in [-0.2, 0) is 13.0 Å². The molecule has 4 rings (SSSR count). The smallest absolute Gasteiger partial charge is 0.338 e. The number of nitrogens with zero attached hydrogens (tertiary/aromatic N) is 2. The summed E-state index contributed by atoms with van der Waals surface area (Å²) in [6.07, 6.45) is 4.37. The highest BCUT2D eigenvalue weighted by Gasteiger charge is 2.30. The van der Waals surface area contributed by atoms with Gasteiger partial charge in [0.05, 0.1) is 5.56 Å². The van der Waals surface area contributed by atoms with E-state index in [4.69, 9.17) is 5.11 Å². The molecule has 154 valence electrons. The molecule has 2 heterocycles. The predicted octanol–water partition coefficient (Wildman–Crippen LogP) is 4.05. The quantitative estimate of drug-likeness (QED) is 0.800. The number of likely N-dealkylation sites (tertiary alicyclic amines) is 2. The Morgan fingerprint density at radius 1 is 1.00 bits per heavy atom. The first-order chi connectivity index (χ1) is 14.1. The van der Waals surface area contributed by atoms with Gasteiger partial charge in [-0.05, 0) is 74.5 Å². The molecular weight excluding hydrogens is 367 g/mol. The Hall–Kier alpha value is -2.24. The first kappa shape index (κ1) is 20.0. The van der Waals surface area contributed by atoms with Gasteiger partial charge in [-0.15, -0.1) is 0 Å². The lowest BCUT2D eigenvalue weighted by atomic mass is 9.97. The molecule has 0 saturated carbocycles. The molecule has 0 bridgehead atoms. The SMILES string of the molecule is O=C(O)c1cc(CC2CCN(C3CCN(Cc4ccccc4)CC3)C2)ccc1F. The lowest BCUT2D eigenvalue weighted by Gasteiger charge is -2.37. The van der Waals surface area contributed by atoms with E-state index in [0.29, 0.717) is 12.0 Å². The van der Waals surface area contributed by atoms with Crippen LogP contribution in [-0.4, -0.2) is 53.1 Å². The molecule has 2 aromatic rings. The summed E-state index contributed by atoms with van der Waals surface area (Å²) in [4.78, 5) is 16.3. The average Bonchev–Trinajstić information content (AvgIpc) is 3.19. The number of rotatable bonds is 6. The molecule has 0 aromatic heterocycles. The molecule has 4 nitrogen and oxygen atoms in total. The normalized spacial score (nSPS) is 21.5. The van der Waals surface area contributed by atoms with Crippen LogP contribution in [0.2, 0.25) is 0 Å². The Morgan fingerprint density at radius 2 is 1.76 bits per heavy atom. The van der Waals surface area contributed by atoms with Crippen LogP contribution in [0.15, 0.2) is 48.5 Å². The van der Waals surface area contributed by atoms with E-state index < -0.39 is 11.8 Å². The van der Waals surface area contributed by atoms with Crippen molar-refractivity contribution in [3.63, 3.8) is 0 Å². The fraction of sp³-hybridized carbons (Fsp3) is 0.458. The van der Waals surface area contributed by atoms with Crippen molar-refractivity contribution in [1.82, 2.24) is 9.80 Å². The first-order valence-electron chi connectivity index (χ1n) is 10.6. The van der Waals surface area contributed by atoms with Crippen molar-refractivity contribution < 1.29 is 14.3 Å². The zero-order chi connectivity index (χ0) is 20.2. The van der Waals surface area contributed by atoms with Crippen LogP contribution >= 0.6 is 0 Å². The van der Waals surface area contributed by atoms with Crippen LogP contribution in [0.5, 0.6) is 0 Å². The number of halogens is 1. The number of carbonyl (C=O) groups is 1. The molecule has 2 fully saturated rings. The Bertz CT molecular complexity index is 834. The number of hydrogen-bond donors (Lipinski definition) is 1. The molecule has 0 spiro atoms. The highest BCUT2D eigenvalue weighted by Crippen LogP contribution is 2.27. The van der Waals surface area contributed by atoms with Gasteiger partial charge in [0.1, 0.15) is 5.82 Å². The molecule has 2 aromatic carbocycles. The predicted molar refractivity (Wildman–Crippen MR) is 111 cm³/mol. The fourth-order valence-electron chi connectivity index (χ4n) is 4.84. The fourth-order valence-corrected chi connectivity index (χ4v) is 4.84. The van der Waals surface area contributed by atoms with Gasteiger partial charge in [-0.2, -0.15) is 0 Å². The van der Waals surface area contributed by atoms with E-state index in [0.717, 1.165) is 51.1 Å². The molecule has 5 heteroatoms. The molecule has 0 radical (unpaired) electrons. The van der Waals surface area contributed by atoms with Crippen molar-refractivity contribution in [3.05, 3.63) is 71.0 Å². The van der Waals surface area contributed by atoms with Crippen molar-refractivity contribution >= 4 is 5.97 Å². The first-order valence-corrected chi connectivity index (χ1v) is 10.6. The largest absolute Gasteiger partial charge is 0.478 e. The van der Waals surface area contributed by atoms with Crippen LogP contribution < -0.4 is 0 Å². The van der Waals surface area contributed by atoms with Crippen LogP contribution in [0.25, 0.3) is 0 Å². The van der Waals surface area contributed by atoms with Gasteiger partial charge in [0, 0.05) is 19.1 Å². The third kappa shape index (κ3) is 5.03. The van der Waals surface area contributed by atoms with Crippen LogP contribution in [0.1, 0.15) is 40.7 Å². The molecule has 2 saturated heterocycles. The van der Waals surface area contributed by atoms with Crippen molar-refractivity contribution in [2.75, 3.05) is 26.2 Å². The lowest BCUT2D eigenvalue weighted by molar-refractivity contribution is 0.0691. The summed E-state index contributed by atoms with van der Waals surface area (Å²) < 4.78 is 13.6. The van der Waals surface area contributed by atoms with E-state index in [1.807, 2.05) is 0 Å². The monoisotopic (exact) mass is 396 g/mol. The summed E-state index contributed by atoms with van der Waals surface area (Å²) in [5.41, 5.74) is 2.09. The van der Waals surface area contributed by atoms with Gasteiger partial charge in [0.15, 0.2) is 0 Å². The maximum atomic E-state index is 13.6. The second kappa shape index (κ2) is 9.06. The molecule has 2 aliphatic heterocycles. The minimum atomic E-state index is -1.19. The van der Waals surface area contributed by atoms with Gasteiger partial charge in [0.2, 0.25) is 0 Å². The number of carboxylic acid groups (broad SMARTS) is 1. The molecule has 1 atom stereocenters. The van der Waals surface area contributed by atoms with Crippen LogP contribution in [0.3, 0.4) is 0 Å². The minimum absolute atomic E-state index is 0.219. The van der Waals surface area contributed by atoms with Gasteiger partial charge in [-0.1, -0.05) is 36.4 Å². The molecule has 1 N–H and O–H groups in total. The molecule has 0 aliphatic carbocycles. The standard InChI is InChI=1S/C24H29FN2O2/c25-23-7-6-19(15-22(23)24(28)29)14-20-8-13-27(17-20)21-9-11-26(12-10-21)16-18-4-2-1-3-5-18/h1-7,15,20-21H,8-14,16-17H2,(H,28,29). The Labute approximate surface area is 171 Å². The number of carboxylic acids is 1. The average molecular weight is 397 g/mol. The molecular formula is C24H29FN2O2. The maximum Gasteiger partial charge on any atom is 0.338 e. The highest BCUT2D eigenvalue weighted by atomic mass is 19.1. The highest BCUT2D eigenvalue weighted by molar-refractivity contribution is 5.88. The Balaban J connectivity index is 1.26. The zero-order valence-electron chi connectivity index (χ0n) is 16.8. The van der Waals surface area contributed by atoms with Gasteiger partial charge in [-0.3, -0.25) is 9.80 Å². The summed E-state index contributed by atoms with van der Waals surface area (Å²) in [6.45, 7) is 5.48. The van der Waals surface area contributed by atoms with Gasteiger partial charge in [-0.25, -0.2) is 9.18 Å². The van der Waals surface area contributed by atoms with E-state index >= 15 is 0 Å². The second-order valence-electron chi connectivity index (χ2n) is 8.47. The summed E-state index contributed by atoms with van der Waals surface area (Å²) in [6, 6.07) is 15.8. The van der Waals surface area contributed by atoms with E-state index in [-0.39, 0.29) is 5.56 Å². The van der Waals surface area contributed by atoms with Crippen molar-refractivity contribution in [3.8, 4) is 0 Å². The van der Waals surface area contributed by atoms with Crippen molar-refractivity contribution in [1.29, 1.82) is 0 Å². The number of aromatic carboxylic acids is 1. The van der Waals surface area contributed by atoms with Crippen LogP contribution in [0, 0.1) is 11.7 Å². The third-order valence-electron chi connectivity index (χ3n) is 6.43. The van der Waals surface area contributed by atoms with Gasteiger partial charge in [0.25, 0.3) is 0 Å². The second-order valence-corrected chi connectivity index (χ2v) is 8.47. The summed E-state index contributed by atoms with van der Waals surface area (Å²) >= 11 is 0. The molecule has 29 heavy (non-hydrogen) atoms. The molecule has 1 unspecified atom stereocenters. The third-order valence-corrected chi connectivity index (χ3v) is 6.43. The van der Waals surface area contributed by atoms with E-state index in [2.05, 4.69) is 40.1 Å². The molecule has 2 aliphatic rings. The Kier molecular flexibility index (Phi) is 6.26. The number of hydrogen-bond acceptors (Lipinski definition) is 3. The number of benzene rings is 2. The number of piperidine rings is 1. The minimum Gasteiger partial charge on any atom is -0.478 e. The maximum absolute atomic E-state index is 13.6.